The van der Waals surface area contributed by atoms with Crippen LogP contribution in [0.15, 0.2) is 48.0 Å². The van der Waals surface area contributed by atoms with Gasteiger partial charge in [-0.1, -0.05) is 24.3 Å². The predicted octanol–water partition coefficient (Wildman–Crippen LogP) is 2.54. The van der Waals surface area contributed by atoms with Gasteiger partial charge in [-0.15, -0.1) is 0 Å². The number of fused-ring (bicyclic) bond motifs is 2. The van der Waals surface area contributed by atoms with Crippen LogP contribution in [0.3, 0.4) is 0 Å². The summed E-state index contributed by atoms with van der Waals surface area (Å²) in [6.45, 7) is 0.865. The Labute approximate surface area is 145 Å². The first-order valence-corrected chi connectivity index (χ1v) is 8.31. The van der Waals surface area contributed by atoms with E-state index in [0.29, 0.717) is 17.7 Å². The van der Waals surface area contributed by atoms with Crippen LogP contribution < -0.4 is 15.4 Å². The molecule has 0 spiro atoms. The van der Waals surface area contributed by atoms with Crippen LogP contribution in [0.4, 0.5) is 5.69 Å². The molecule has 5 heteroatoms. The van der Waals surface area contributed by atoms with Crippen molar-refractivity contribution in [1.29, 1.82) is 0 Å². The summed E-state index contributed by atoms with van der Waals surface area (Å²) in [6, 6.07) is 13.0. The molecule has 0 bridgehead atoms. The lowest BCUT2D eigenvalue weighted by molar-refractivity contribution is -0.115. The molecule has 25 heavy (non-hydrogen) atoms. The summed E-state index contributed by atoms with van der Waals surface area (Å²) in [4.78, 5) is 26.5. The molecule has 2 heterocycles. The summed E-state index contributed by atoms with van der Waals surface area (Å²) >= 11 is 0. The molecule has 2 amide bonds. The second-order valence-corrected chi connectivity index (χ2v) is 6.22. The molecule has 2 aromatic rings. The van der Waals surface area contributed by atoms with E-state index in [2.05, 4.69) is 0 Å². The van der Waals surface area contributed by atoms with Crippen LogP contribution in [0.2, 0.25) is 0 Å². The van der Waals surface area contributed by atoms with E-state index in [9.17, 15) is 9.59 Å². The van der Waals surface area contributed by atoms with Gasteiger partial charge < -0.3 is 15.4 Å². The van der Waals surface area contributed by atoms with Crippen LogP contribution in [0, 0.1) is 0 Å². The zero-order valence-corrected chi connectivity index (χ0v) is 13.7. The number of hydrogen-bond donors (Lipinski definition) is 1. The summed E-state index contributed by atoms with van der Waals surface area (Å²) in [5, 5.41) is 0. The van der Waals surface area contributed by atoms with Gasteiger partial charge in [-0.3, -0.25) is 9.59 Å². The van der Waals surface area contributed by atoms with Gasteiger partial charge in [0.2, 0.25) is 5.91 Å². The van der Waals surface area contributed by atoms with E-state index in [1.54, 1.807) is 17.0 Å². The Morgan fingerprint density at radius 1 is 1.08 bits per heavy atom. The van der Waals surface area contributed by atoms with E-state index in [4.69, 9.17) is 10.5 Å². The topological polar surface area (TPSA) is 72.6 Å². The summed E-state index contributed by atoms with van der Waals surface area (Å²) in [7, 11) is 0. The molecular weight excluding hydrogens is 316 g/mol. The first kappa shape index (κ1) is 15.4. The second kappa shape index (κ2) is 6.09. The van der Waals surface area contributed by atoms with E-state index in [0.717, 1.165) is 35.4 Å². The standard InChI is InChI=1S/C20H18N2O3/c21-19(23)16-6-3-8-17-15(16)7-4-10-22(17)20(24)14-11-13-5-1-2-9-18(13)25-12-14/h1-3,5-6,8-9,11H,4,7,10,12H2,(H2,21,23). The van der Waals surface area contributed by atoms with E-state index in [-0.39, 0.29) is 12.5 Å². The highest BCUT2D eigenvalue weighted by atomic mass is 16.5. The summed E-state index contributed by atoms with van der Waals surface area (Å²) in [5.41, 5.74) is 9.11. The lowest BCUT2D eigenvalue weighted by Gasteiger charge is -2.32. The monoisotopic (exact) mass is 334 g/mol. The van der Waals surface area contributed by atoms with Crippen LogP contribution in [-0.2, 0) is 11.2 Å². The fourth-order valence-electron chi connectivity index (χ4n) is 3.48. The molecular formula is C20H18N2O3. The Kier molecular flexibility index (Phi) is 3.76. The predicted molar refractivity (Wildman–Crippen MR) is 95.5 cm³/mol. The molecule has 0 saturated carbocycles. The van der Waals surface area contributed by atoms with Crippen molar-refractivity contribution in [1.82, 2.24) is 0 Å². The van der Waals surface area contributed by atoms with Crippen LogP contribution in [-0.4, -0.2) is 25.0 Å². The highest BCUT2D eigenvalue weighted by Gasteiger charge is 2.28. The maximum Gasteiger partial charge on any atom is 0.257 e. The summed E-state index contributed by atoms with van der Waals surface area (Å²) in [6.07, 6.45) is 3.43. The van der Waals surface area contributed by atoms with Gasteiger partial charge in [-0.25, -0.2) is 0 Å². The Hall–Kier alpha value is -3.08. The highest BCUT2D eigenvalue weighted by molar-refractivity contribution is 6.10. The van der Waals surface area contributed by atoms with Gasteiger partial charge in [0.25, 0.3) is 5.91 Å². The molecule has 0 radical (unpaired) electrons. The normalized spacial score (nSPS) is 15.5. The molecule has 2 aliphatic heterocycles. The summed E-state index contributed by atoms with van der Waals surface area (Å²) in [5.74, 6) is 0.242. The maximum absolute atomic E-state index is 13.1. The lowest BCUT2D eigenvalue weighted by atomic mass is 9.95. The van der Waals surface area contributed by atoms with Crippen molar-refractivity contribution in [3.63, 3.8) is 0 Å². The van der Waals surface area contributed by atoms with Gasteiger partial charge in [0.15, 0.2) is 0 Å². The van der Waals surface area contributed by atoms with Crippen molar-refractivity contribution < 1.29 is 14.3 Å². The molecule has 0 aromatic heterocycles. The smallest absolute Gasteiger partial charge is 0.257 e. The molecule has 0 unspecified atom stereocenters. The first-order chi connectivity index (χ1) is 12.1. The van der Waals surface area contributed by atoms with Crippen molar-refractivity contribution in [3.8, 4) is 5.75 Å². The van der Waals surface area contributed by atoms with E-state index < -0.39 is 5.91 Å². The molecule has 0 atom stereocenters. The SMILES string of the molecule is NC(=O)c1cccc2c1CCCN2C(=O)C1=Cc2ccccc2OC1. The quantitative estimate of drug-likeness (QED) is 0.917. The third-order valence-electron chi connectivity index (χ3n) is 4.67. The van der Waals surface area contributed by atoms with Gasteiger partial charge in [-0.05, 0) is 42.7 Å². The zero-order chi connectivity index (χ0) is 17.4. The molecule has 0 saturated heterocycles. The maximum atomic E-state index is 13.1. The van der Waals surface area contributed by atoms with Gasteiger partial charge in [0, 0.05) is 23.4 Å². The molecule has 0 aliphatic carbocycles. The average molecular weight is 334 g/mol. The largest absolute Gasteiger partial charge is 0.488 e. The number of nitrogens with two attached hydrogens (primary N) is 1. The molecule has 4 rings (SSSR count). The first-order valence-electron chi connectivity index (χ1n) is 8.31. The second-order valence-electron chi connectivity index (χ2n) is 6.22. The van der Waals surface area contributed by atoms with E-state index in [1.165, 1.54) is 0 Å². The molecule has 2 aliphatic rings. The Morgan fingerprint density at radius 2 is 1.92 bits per heavy atom. The van der Waals surface area contributed by atoms with Crippen molar-refractivity contribution >= 4 is 23.6 Å². The number of benzene rings is 2. The number of carbonyl (C=O) groups is 2. The fraction of sp³-hybridized carbons (Fsp3) is 0.200. The lowest BCUT2D eigenvalue weighted by Crippen LogP contribution is -2.38. The van der Waals surface area contributed by atoms with Crippen molar-refractivity contribution in [2.24, 2.45) is 5.73 Å². The molecule has 2 N–H and O–H groups in total. The number of rotatable bonds is 2. The van der Waals surface area contributed by atoms with Crippen molar-refractivity contribution in [3.05, 3.63) is 64.7 Å². The van der Waals surface area contributed by atoms with Crippen LogP contribution >= 0.6 is 0 Å². The highest BCUT2D eigenvalue weighted by Crippen LogP contribution is 2.32. The molecule has 2 aromatic carbocycles. The van der Waals surface area contributed by atoms with Gasteiger partial charge >= 0.3 is 0 Å². The average Bonchev–Trinajstić information content (AvgIpc) is 2.66. The van der Waals surface area contributed by atoms with E-state index in [1.807, 2.05) is 36.4 Å². The number of amides is 2. The van der Waals surface area contributed by atoms with Gasteiger partial charge in [0.05, 0.1) is 5.57 Å². The zero-order valence-electron chi connectivity index (χ0n) is 13.7. The number of hydrogen-bond acceptors (Lipinski definition) is 3. The number of para-hydroxylation sites is 1. The number of carbonyl (C=O) groups excluding carboxylic acids is 2. The number of anilines is 1. The minimum absolute atomic E-state index is 0.0860. The molecule has 126 valence electrons. The third kappa shape index (κ3) is 2.67. The minimum Gasteiger partial charge on any atom is -0.488 e. The summed E-state index contributed by atoms with van der Waals surface area (Å²) < 4.78 is 5.71. The number of ether oxygens (including phenoxy) is 1. The Morgan fingerprint density at radius 3 is 2.76 bits per heavy atom. The van der Waals surface area contributed by atoms with Gasteiger partial charge in [0.1, 0.15) is 12.4 Å². The van der Waals surface area contributed by atoms with Crippen LogP contribution in [0.5, 0.6) is 5.75 Å². The van der Waals surface area contributed by atoms with Gasteiger partial charge in [-0.2, -0.15) is 0 Å². The van der Waals surface area contributed by atoms with E-state index >= 15 is 0 Å². The fourth-order valence-corrected chi connectivity index (χ4v) is 3.48. The Balaban J connectivity index is 1.71. The minimum atomic E-state index is -0.458. The van der Waals surface area contributed by atoms with Crippen LogP contribution in [0.1, 0.15) is 27.9 Å². The van der Waals surface area contributed by atoms with Crippen LogP contribution in [0.25, 0.3) is 6.08 Å². The number of nitrogens with zero attached hydrogens (tertiary/aromatic N) is 1. The molecule has 0 fully saturated rings. The Bertz CT molecular complexity index is 902. The third-order valence-corrected chi connectivity index (χ3v) is 4.67. The van der Waals surface area contributed by atoms with Crippen molar-refractivity contribution in [2.75, 3.05) is 18.1 Å². The molecule has 5 nitrogen and oxygen atoms in total. The van der Waals surface area contributed by atoms with Crippen molar-refractivity contribution in [2.45, 2.75) is 12.8 Å². The number of primary amides is 1.